The molecule has 0 spiro atoms. The van der Waals surface area contributed by atoms with E-state index in [4.69, 9.17) is 4.74 Å². The Hall–Kier alpha value is -4.05. The normalized spacial score (nSPS) is 11.2. The van der Waals surface area contributed by atoms with Gasteiger partial charge in [-0.2, -0.15) is 0 Å². The molecule has 164 valence electrons. The summed E-state index contributed by atoms with van der Waals surface area (Å²) in [7, 11) is 0. The van der Waals surface area contributed by atoms with E-state index >= 15 is 0 Å². The van der Waals surface area contributed by atoms with Gasteiger partial charge in [-0.05, 0) is 35.1 Å². The summed E-state index contributed by atoms with van der Waals surface area (Å²) in [6.07, 6.45) is 1.29. The van der Waals surface area contributed by atoms with Gasteiger partial charge in [0.2, 0.25) is 0 Å². The zero-order chi connectivity index (χ0) is 22.6. The van der Waals surface area contributed by atoms with Gasteiger partial charge in [0.05, 0.1) is 6.61 Å². The third-order valence-corrected chi connectivity index (χ3v) is 6.04. The SMILES string of the molecule is O=C(O)c1c(Cc2ccccc2)c2ccccc2n1CCCOc1cccc2ccccc12. The molecule has 33 heavy (non-hydrogen) atoms. The van der Waals surface area contributed by atoms with Gasteiger partial charge < -0.3 is 14.4 Å². The second-order valence-electron chi connectivity index (χ2n) is 8.14. The van der Waals surface area contributed by atoms with Crippen LogP contribution in [0, 0.1) is 0 Å². The summed E-state index contributed by atoms with van der Waals surface area (Å²) in [5.41, 5.74) is 3.28. The van der Waals surface area contributed by atoms with Crippen molar-refractivity contribution in [3.05, 3.63) is 114 Å². The molecule has 0 amide bonds. The van der Waals surface area contributed by atoms with Gasteiger partial charge in [0.25, 0.3) is 0 Å². The fourth-order valence-electron chi connectivity index (χ4n) is 4.56. The van der Waals surface area contributed by atoms with Crippen LogP contribution in [-0.4, -0.2) is 22.2 Å². The van der Waals surface area contributed by atoms with Gasteiger partial charge in [0.1, 0.15) is 11.4 Å². The summed E-state index contributed by atoms with van der Waals surface area (Å²) in [6.45, 7) is 1.08. The summed E-state index contributed by atoms with van der Waals surface area (Å²) in [6, 6.07) is 32.2. The molecule has 1 aromatic heterocycles. The van der Waals surface area contributed by atoms with Crippen molar-refractivity contribution < 1.29 is 14.6 Å². The highest BCUT2D eigenvalue weighted by atomic mass is 16.5. The minimum atomic E-state index is -0.896. The molecule has 5 aromatic rings. The van der Waals surface area contributed by atoms with Gasteiger partial charge in [-0.25, -0.2) is 4.79 Å². The molecule has 1 N–H and O–H groups in total. The fraction of sp³-hybridized carbons (Fsp3) is 0.138. The number of aromatic carboxylic acids is 1. The van der Waals surface area contributed by atoms with Gasteiger partial charge in [0, 0.05) is 29.3 Å². The van der Waals surface area contributed by atoms with E-state index in [9.17, 15) is 9.90 Å². The molecule has 0 radical (unpaired) electrons. The summed E-state index contributed by atoms with van der Waals surface area (Å²) >= 11 is 0. The molecular formula is C29H25NO3. The lowest BCUT2D eigenvalue weighted by molar-refractivity contribution is 0.0684. The first-order chi connectivity index (χ1) is 16.2. The number of fused-ring (bicyclic) bond motifs is 2. The highest BCUT2D eigenvalue weighted by Crippen LogP contribution is 2.29. The summed E-state index contributed by atoms with van der Waals surface area (Å²) < 4.78 is 8.03. The maximum atomic E-state index is 12.4. The van der Waals surface area contributed by atoms with Crippen molar-refractivity contribution in [3.63, 3.8) is 0 Å². The molecule has 0 fully saturated rings. The quantitative estimate of drug-likeness (QED) is 0.281. The lowest BCUT2D eigenvalue weighted by atomic mass is 10.0. The number of rotatable bonds is 8. The van der Waals surface area contributed by atoms with Crippen LogP contribution < -0.4 is 4.74 Å². The van der Waals surface area contributed by atoms with Crippen LogP contribution in [0.2, 0.25) is 0 Å². The number of carboxylic acids is 1. The van der Waals surface area contributed by atoms with Crippen LogP contribution in [0.25, 0.3) is 21.7 Å². The Balaban J connectivity index is 1.41. The number of nitrogens with zero attached hydrogens (tertiary/aromatic N) is 1. The van der Waals surface area contributed by atoms with Gasteiger partial charge in [-0.3, -0.25) is 0 Å². The molecule has 0 aliphatic carbocycles. The number of aromatic nitrogens is 1. The number of ether oxygens (including phenoxy) is 1. The minimum absolute atomic E-state index is 0.366. The standard InChI is InChI=1S/C29H25NO3/c31-29(32)28-25(20-21-10-2-1-3-11-21)24-15-6-7-16-26(24)30(28)18-9-19-33-27-17-8-13-22-12-4-5-14-23(22)27/h1-8,10-17H,9,18-20H2,(H,31,32). The molecule has 0 atom stereocenters. The molecule has 0 aliphatic rings. The van der Waals surface area contributed by atoms with Crippen molar-refractivity contribution in [1.82, 2.24) is 4.57 Å². The molecule has 0 aliphatic heterocycles. The largest absolute Gasteiger partial charge is 0.493 e. The van der Waals surface area contributed by atoms with Crippen molar-refractivity contribution in [2.75, 3.05) is 6.61 Å². The van der Waals surface area contributed by atoms with E-state index in [1.165, 1.54) is 0 Å². The predicted octanol–water partition coefficient (Wildman–Crippen LogP) is 6.55. The highest BCUT2D eigenvalue weighted by Gasteiger charge is 2.22. The summed E-state index contributed by atoms with van der Waals surface area (Å²) in [4.78, 5) is 12.4. The number of carbonyl (C=O) groups is 1. The van der Waals surface area contributed by atoms with Crippen LogP contribution in [0.1, 0.15) is 28.0 Å². The number of hydrogen-bond donors (Lipinski definition) is 1. The highest BCUT2D eigenvalue weighted by molar-refractivity contribution is 5.98. The number of para-hydroxylation sites is 1. The molecule has 4 heteroatoms. The van der Waals surface area contributed by atoms with E-state index in [1.54, 1.807) is 0 Å². The molecule has 0 bridgehead atoms. The van der Waals surface area contributed by atoms with Crippen LogP contribution >= 0.6 is 0 Å². The van der Waals surface area contributed by atoms with E-state index in [-0.39, 0.29) is 0 Å². The molecule has 0 unspecified atom stereocenters. The maximum Gasteiger partial charge on any atom is 0.352 e. The minimum Gasteiger partial charge on any atom is -0.493 e. The van der Waals surface area contributed by atoms with E-state index in [0.29, 0.717) is 31.7 Å². The zero-order valence-corrected chi connectivity index (χ0v) is 18.3. The monoisotopic (exact) mass is 435 g/mol. The molecular weight excluding hydrogens is 410 g/mol. The smallest absolute Gasteiger partial charge is 0.352 e. The second kappa shape index (κ2) is 9.21. The van der Waals surface area contributed by atoms with Crippen LogP contribution in [0.4, 0.5) is 0 Å². The van der Waals surface area contributed by atoms with Crippen molar-refractivity contribution in [2.45, 2.75) is 19.4 Å². The summed E-state index contributed by atoms with van der Waals surface area (Å²) in [5, 5.41) is 13.4. The molecule has 0 saturated heterocycles. The van der Waals surface area contributed by atoms with Crippen molar-refractivity contribution in [1.29, 1.82) is 0 Å². The van der Waals surface area contributed by atoms with Crippen molar-refractivity contribution in [2.24, 2.45) is 0 Å². The van der Waals surface area contributed by atoms with Crippen LogP contribution in [-0.2, 0) is 13.0 Å². The zero-order valence-electron chi connectivity index (χ0n) is 18.3. The number of hydrogen-bond acceptors (Lipinski definition) is 2. The molecule has 4 aromatic carbocycles. The second-order valence-corrected chi connectivity index (χ2v) is 8.14. The van der Waals surface area contributed by atoms with Crippen LogP contribution in [0.5, 0.6) is 5.75 Å². The van der Waals surface area contributed by atoms with Crippen LogP contribution in [0.3, 0.4) is 0 Å². The number of benzene rings is 4. The first-order valence-electron chi connectivity index (χ1n) is 11.2. The predicted molar refractivity (Wildman–Crippen MR) is 132 cm³/mol. The van der Waals surface area contributed by atoms with Crippen LogP contribution in [0.15, 0.2) is 97.1 Å². The Kier molecular flexibility index (Phi) is 5.81. The Morgan fingerprint density at radius 2 is 1.48 bits per heavy atom. The Morgan fingerprint density at radius 1 is 0.788 bits per heavy atom. The van der Waals surface area contributed by atoms with Gasteiger partial charge in [-0.1, -0.05) is 84.9 Å². The average molecular weight is 436 g/mol. The van der Waals surface area contributed by atoms with Crippen molar-refractivity contribution in [3.8, 4) is 5.75 Å². The fourth-order valence-corrected chi connectivity index (χ4v) is 4.56. The molecule has 5 rings (SSSR count). The Labute approximate surface area is 192 Å². The Morgan fingerprint density at radius 3 is 2.30 bits per heavy atom. The van der Waals surface area contributed by atoms with E-state index < -0.39 is 5.97 Å². The first kappa shape index (κ1) is 20.8. The van der Waals surface area contributed by atoms with Gasteiger partial charge in [0.15, 0.2) is 0 Å². The average Bonchev–Trinajstić information content (AvgIpc) is 3.16. The van der Waals surface area contributed by atoms with E-state index in [0.717, 1.165) is 38.6 Å². The lowest BCUT2D eigenvalue weighted by Crippen LogP contribution is -2.13. The van der Waals surface area contributed by atoms with Crippen molar-refractivity contribution >= 4 is 27.6 Å². The molecule has 1 heterocycles. The lowest BCUT2D eigenvalue weighted by Gasteiger charge is -2.12. The van der Waals surface area contributed by atoms with E-state index in [1.807, 2.05) is 83.4 Å². The maximum absolute atomic E-state index is 12.4. The van der Waals surface area contributed by atoms with Gasteiger partial charge in [-0.15, -0.1) is 0 Å². The molecule has 4 nitrogen and oxygen atoms in total. The molecule has 0 saturated carbocycles. The Bertz CT molecular complexity index is 1410. The third kappa shape index (κ3) is 4.20. The first-order valence-corrected chi connectivity index (χ1v) is 11.2. The van der Waals surface area contributed by atoms with E-state index in [2.05, 4.69) is 18.2 Å². The number of carboxylic acid groups (broad SMARTS) is 1. The topological polar surface area (TPSA) is 51.5 Å². The summed E-state index contributed by atoms with van der Waals surface area (Å²) in [5.74, 6) is -0.0409. The third-order valence-electron chi connectivity index (χ3n) is 6.04. The number of aryl methyl sites for hydroxylation is 1. The van der Waals surface area contributed by atoms with Gasteiger partial charge >= 0.3 is 5.97 Å².